The lowest BCUT2D eigenvalue weighted by molar-refractivity contribution is -0.116. The Kier molecular flexibility index (Phi) is 10.6. The van der Waals surface area contributed by atoms with Crippen LogP contribution in [0.25, 0.3) is 0 Å². The van der Waals surface area contributed by atoms with E-state index in [-0.39, 0.29) is 53.7 Å². The maximum absolute atomic E-state index is 12.9. The Morgan fingerprint density at radius 1 is 0.717 bits per heavy atom. The SMILES string of the molecule is CCCCCCn1cc(NC(=O)c2nc(NC(=O)CCNC(=O)c3nc(NC(=O)c4nccn4C)cn3C)cn2C)nc1C(=O)O. The predicted octanol–water partition coefficient (Wildman–Crippen LogP) is 1.63. The number of aromatic carboxylic acids is 1. The van der Waals surface area contributed by atoms with Crippen molar-refractivity contribution >= 4 is 47.1 Å². The van der Waals surface area contributed by atoms with Gasteiger partial charge in [0.15, 0.2) is 23.3 Å². The largest absolute Gasteiger partial charge is 0.475 e. The number of carbonyl (C=O) groups is 5. The molecule has 0 unspecified atom stereocenters. The molecule has 0 bridgehead atoms. The summed E-state index contributed by atoms with van der Waals surface area (Å²) in [6.45, 7) is 2.51. The van der Waals surface area contributed by atoms with E-state index in [4.69, 9.17) is 0 Å². The first-order valence-corrected chi connectivity index (χ1v) is 14.5. The zero-order chi connectivity index (χ0) is 33.4. The van der Waals surface area contributed by atoms with Gasteiger partial charge in [0.25, 0.3) is 17.7 Å². The van der Waals surface area contributed by atoms with Crippen molar-refractivity contribution in [1.82, 2.24) is 43.5 Å². The van der Waals surface area contributed by atoms with Crippen LogP contribution in [-0.2, 0) is 32.5 Å². The van der Waals surface area contributed by atoms with E-state index in [1.54, 1.807) is 31.9 Å². The van der Waals surface area contributed by atoms with Gasteiger partial charge in [-0.15, -0.1) is 0 Å². The number of carbonyl (C=O) groups excluding carboxylic acids is 4. The van der Waals surface area contributed by atoms with E-state index in [0.717, 1.165) is 25.7 Å². The summed E-state index contributed by atoms with van der Waals surface area (Å²) >= 11 is 0. The third-order valence-electron chi connectivity index (χ3n) is 6.79. The van der Waals surface area contributed by atoms with Gasteiger partial charge in [-0.05, 0) is 6.42 Å². The van der Waals surface area contributed by atoms with Gasteiger partial charge in [-0.3, -0.25) is 19.2 Å². The maximum Gasteiger partial charge on any atom is 0.372 e. The van der Waals surface area contributed by atoms with Gasteiger partial charge in [-0.1, -0.05) is 26.2 Å². The Labute approximate surface area is 263 Å². The smallest absolute Gasteiger partial charge is 0.372 e. The van der Waals surface area contributed by atoms with Crippen molar-refractivity contribution in [2.75, 3.05) is 22.5 Å². The van der Waals surface area contributed by atoms with E-state index in [1.165, 1.54) is 38.5 Å². The van der Waals surface area contributed by atoms with Gasteiger partial charge >= 0.3 is 5.97 Å². The fourth-order valence-corrected chi connectivity index (χ4v) is 4.50. The number of hydrogen-bond acceptors (Lipinski definition) is 9. The molecule has 0 aliphatic rings. The molecule has 4 aromatic rings. The second-order valence-corrected chi connectivity index (χ2v) is 10.5. The van der Waals surface area contributed by atoms with Gasteiger partial charge < -0.3 is 44.6 Å². The first-order valence-electron chi connectivity index (χ1n) is 14.5. The zero-order valence-corrected chi connectivity index (χ0v) is 25.9. The van der Waals surface area contributed by atoms with Crippen molar-refractivity contribution in [3.8, 4) is 0 Å². The molecule has 0 aliphatic heterocycles. The van der Waals surface area contributed by atoms with Crippen LogP contribution in [-0.4, -0.2) is 79.5 Å². The summed E-state index contributed by atoms with van der Waals surface area (Å²) in [5, 5.41) is 19.8. The number of aryl methyl sites for hydroxylation is 4. The number of unbranched alkanes of at least 4 members (excludes halogenated alkanes) is 3. The fourth-order valence-electron chi connectivity index (χ4n) is 4.50. The molecule has 0 radical (unpaired) electrons. The monoisotopic (exact) mass is 636 g/mol. The Morgan fingerprint density at radius 2 is 1.30 bits per heavy atom. The van der Waals surface area contributed by atoms with Gasteiger partial charge in [0.1, 0.15) is 0 Å². The molecule has 0 fully saturated rings. The minimum Gasteiger partial charge on any atom is -0.475 e. The van der Waals surface area contributed by atoms with Crippen molar-refractivity contribution in [3.63, 3.8) is 0 Å². The summed E-state index contributed by atoms with van der Waals surface area (Å²) in [7, 11) is 4.82. The molecule has 46 heavy (non-hydrogen) atoms. The Balaban J connectivity index is 1.27. The number of rotatable bonds is 15. The molecule has 0 saturated carbocycles. The highest BCUT2D eigenvalue weighted by atomic mass is 16.4. The molecule has 18 heteroatoms. The number of nitrogens with one attached hydrogen (secondary N) is 4. The number of carboxylic acids is 1. The first kappa shape index (κ1) is 33.1. The van der Waals surface area contributed by atoms with Crippen molar-refractivity contribution in [2.24, 2.45) is 21.1 Å². The van der Waals surface area contributed by atoms with Crippen LogP contribution >= 0.6 is 0 Å². The van der Waals surface area contributed by atoms with E-state index < -0.39 is 29.6 Å². The number of anilines is 3. The van der Waals surface area contributed by atoms with E-state index in [2.05, 4.69) is 48.1 Å². The molecule has 0 spiro atoms. The summed E-state index contributed by atoms with van der Waals surface area (Å²) in [5.74, 6) is -3.05. The Hall–Kier alpha value is -5.81. The molecule has 0 atom stereocenters. The van der Waals surface area contributed by atoms with Gasteiger partial charge in [0, 0.05) is 71.6 Å². The molecule has 0 aliphatic carbocycles. The number of carboxylic acid groups (broad SMARTS) is 1. The third kappa shape index (κ3) is 8.21. The van der Waals surface area contributed by atoms with Crippen molar-refractivity contribution in [2.45, 2.75) is 45.6 Å². The normalized spacial score (nSPS) is 10.9. The van der Waals surface area contributed by atoms with Crippen LogP contribution in [0.2, 0.25) is 0 Å². The summed E-state index contributed by atoms with van der Waals surface area (Å²) < 4.78 is 5.87. The average molecular weight is 637 g/mol. The van der Waals surface area contributed by atoms with Crippen LogP contribution in [0.4, 0.5) is 17.5 Å². The molecule has 0 aromatic carbocycles. The molecular weight excluding hydrogens is 600 g/mol. The van der Waals surface area contributed by atoms with Gasteiger partial charge in [-0.25, -0.2) is 24.7 Å². The molecule has 4 aromatic heterocycles. The predicted molar refractivity (Wildman–Crippen MR) is 164 cm³/mol. The molecule has 4 amide bonds. The average Bonchev–Trinajstić information content (AvgIpc) is 3.77. The fraction of sp³-hybridized carbons (Fsp3) is 0.393. The standard InChI is InChI=1S/C28H36N12O6/c1-5-6-7-8-12-40-16-19(34-24(40)28(45)46)36-27(44)23-32-17(14-39(23)4)31-20(41)9-10-30-25(42)22-33-18(15-38(22)3)35-26(43)21-29-11-13-37(21)2/h11,13-16H,5-10,12H2,1-4H3,(H,30,42)(H,31,41)(H,35,43)(H,36,44)(H,45,46). The minimum atomic E-state index is -1.20. The number of imidazole rings is 4. The van der Waals surface area contributed by atoms with Gasteiger partial charge in [0.2, 0.25) is 23.4 Å². The molecule has 4 rings (SSSR count). The van der Waals surface area contributed by atoms with Gasteiger partial charge in [-0.2, -0.15) is 0 Å². The van der Waals surface area contributed by atoms with Crippen LogP contribution in [0.5, 0.6) is 0 Å². The van der Waals surface area contributed by atoms with Crippen LogP contribution in [0.15, 0.2) is 31.0 Å². The number of aromatic nitrogens is 8. The molecular formula is C28H36N12O6. The number of amides is 4. The van der Waals surface area contributed by atoms with E-state index in [0.29, 0.717) is 6.54 Å². The number of nitrogens with zero attached hydrogens (tertiary/aromatic N) is 8. The summed E-state index contributed by atoms with van der Waals surface area (Å²) in [6, 6.07) is 0. The molecule has 244 valence electrons. The van der Waals surface area contributed by atoms with E-state index >= 15 is 0 Å². The molecule has 4 heterocycles. The topological polar surface area (TPSA) is 225 Å². The van der Waals surface area contributed by atoms with E-state index in [1.807, 2.05) is 0 Å². The Morgan fingerprint density at radius 3 is 1.91 bits per heavy atom. The Bertz CT molecular complexity index is 1750. The van der Waals surface area contributed by atoms with Crippen LogP contribution < -0.4 is 21.3 Å². The zero-order valence-electron chi connectivity index (χ0n) is 25.9. The van der Waals surface area contributed by atoms with Crippen LogP contribution in [0.1, 0.15) is 81.5 Å². The first-order chi connectivity index (χ1) is 22.0. The van der Waals surface area contributed by atoms with Crippen molar-refractivity contribution < 1.29 is 29.1 Å². The van der Waals surface area contributed by atoms with Crippen LogP contribution in [0, 0.1) is 0 Å². The summed E-state index contributed by atoms with van der Waals surface area (Å²) in [4.78, 5) is 78.3. The molecule has 5 N–H and O–H groups in total. The highest BCUT2D eigenvalue weighted by Gasteiger charge is 2.21. The third-order valence-corrected chi connectivity index (χ3v) is 6.79. The van der Waals surface area contributed by atoms with E-state index in [9.17, 15) is 29.1 Å². The molecule has 18 nitrogen and oxygen atoms in total. The highest BCUT2D eigenvalue weighted by Crippen LogP contribution is 2.15. The quantitative estimate of drug-likeness (QED) is 0.119. The minimum absolute atomic E-state index is 0.0210. The summed E-state index contributed by atoms with van der Waals surface area (Å²) in [6.07, 6.45) is 11.2. The lowest BCUT2D eigenvalue weighted by Crippen LogP contribution is -2.29. The molecule has 0 saturated heterocycles. The lowest BCUT2D eigenvalue weighted by atomic mass is 10.2. The second kappa shape index (κ2) is 14.8. The van der Waals surface area contributed by atoms with Gasteiger partial charge in [0.05, 0.1) is 0 Å². The maximum atomic E-state index is 12.9. The van der Waals surface area contributed by atoms with Crippen molar-refractivity contribution in [3.05, 3.63) is 54.3 Å². The second-order valence-electron chi connectivity index (χ2n) is 10.5. The highest BCUT2D eigenvalue weighted by molar-refractivity contribution is 6.03. The lowest BCUT2D eigenvalue weighted by Gasteiger charge is -2.05. The van der Waals surface area contributed by atoms with Crippen LogP contribution in [0.3, 0.4) is 0 Å². The summed E-state index contributed by atoms with van der Waals surface area (Å²) in [5.41, 5.74) is 0. The number of hydrogen-bond donors (Lipinski definition) is 5. The van der Waals surface area contributed by atoms with Crippen molar-refractivity contribution in [1.29, 1.82) is 0 Å².